The molecule has 1 N–H and O–H groups in total. The first-order valence-corrected chi connectivity index (χ1v) is 10.2. The molecule has 0 saturated heterocycles. The quantitative estimate of drug-likeness (QED) is 0.448. The van der Waals surface area contributed by atoms with Gasteiger partial charge in [0.25, 0.3) is 0 Å². The lowest BCUT2D eigenvalue weighted by atomic mass is 10.0. The Balaban J connectivity index is 1.31. The first-order chi connectivity index (χ1) is 15.2. The van der Waals surface area contributed by atoms with Crippen molar-refractivity contribution in [3.8, 4) is 11.5 Å². The van der Waals surface area contributed by atoms with Gasteiger partial charge in [0.05, 0.1) is 28.8 Å². The SMILES string of the molecule is Cc1cc(CC(=O)C2=NC(c3cccc(Oc4ccccc4)c3)=CC2)cc2[nH]cnc12. The molecule has 5 nitrogen and oxygen atoms in total. The summed E-state index contributed by atoms with van der Waals surface area (Å²) in [6.45, 7) is 2.01. The Bertz CT molecular complexity index is 1330. The minimum atomic E-state index is 0.0428. The van der Waals surface area contributed by atoms with Gasteiger partial charge in [-0.05, 0) is 48.4 Å². The number of H-pyrrole nitrogens is 1. The maximum atomic E-state index is 12.9. The third kappa shape index (κ3) is 4.03. The number of imidazole rings is 1. The molecule has 0 saturated carbocycles. The smallest absolute Gasteiger partial charge is 0.181 e. The predicted octanol–water partition coefficient (Wildman–Crippen LogP) is 5.66. The molecule has 0 amide bonds. The van der Waals surface area contributed by atoms with Crippen molar-refractivity contribution in [2.24, 2.45) is 4.99 Å². The second-order valence-corrected chi connectivity index (χ2v) is 7.61. The molecule has 152 valence electrons. The van der Waals surface area contributed by atoms with E-state index in [0.717, 1.165) is 44.9 Å². The number of Topliss-reactive ketones (excluding diaryl/α,β-unsaturated/α-hetero) is 1. The number of carbonyl (C=O) groups excluding carboxylic acids is 1. The number of allylic oxidation sites excluding steroid dienone is 1. The first-order valence-electron chi connectivity index (χ1n) is 10.2. The zero-order valence-electron chi connectivity index (χ0n) is 17.1. The number of benzene rings is 3. The van der Waals surface area contributed by atoms with Gasteiger partial charge in [-0.15, -0.1) is 0 Å². The van der Waals surface area contributed by atoms with Crippen molar-refractivity contribution >= 4 is 28.2 Å². The van der Waals surface area contributed by atoms with Gasteiger partial charge >= 0.3 is 0 Å². The normalized spacial score (nSPS) is 13.2. The van der Waals surface area contributed by atoms with Crippen LogP contribution in [-0.4, -0.2) is 21.5 Å². The Morgan fingerprint density at radius 2 is 1.87 bits per heavy atom. The molecule has 5 rings (SSSR count). The summed E-state index contributed by atoms with van der Waals surface area (Å²) < 4.78 is 5.92. The van der Waals surface area contributed by atoms with Gasteiger partial charge < -0.3 is 9.72 Å². The van der Waals surface area contributed by atoms with Crippen LogP contribution in [0.25, 0.3) is 16.7 Å². The molecule has 1 aromatic heterocycles. The summed E-state index contributed by atoms with van der Waals surface area (Å²) in [7, 11) is 0. The lowest BCUT2D eigenvalue weighted by Gasteiger charge is -2.07. The topological polar surface area (TPSA) is 67.3 Å². The van der Waals surface area contributed by atoms with Gasteiger partial charge in [-0.3, -0.25) is 4.79 Å². The molecular weight excluding hydrogens is 386 g/mol. The molecule has 31 heavy (non-hydrogen) atoms. The van der Waals surface area contributed by atoms with Crippen LogP contribution in [0.15, 0.2) is 84.1 Å². The van der Waals surface area contributed by atoms with Gasteiger partial charge in [0, 0.05) is 18.4 Å². The number of hydrogen-bond donors (Lipinski definition) is 1. The Kier molecular flexibility index (Phi) is 4.92. The van der Waals surface area contributed by atoms with Crippen molar-refractivity contribution in [2.45, 2.75) is 19.8 Å². The highest BCUT2D eigenvalue weighted by Crippen LogP contribution is 2.28. The average Bonchev–Trinajstić information content (AvgIpc) is 3.45. The van der Waals surface area contributed by atoms with Crippen molar-refractivity contribution < 1.29 is 9.53 Å². The number of fused-ring (bicyclic) bond motifs is 1. The number of aliphatic imine (C=N–C) groups is 1. The second kappa shape index (κ2) is 8.03. The fraction of sp³-hybridized carbons (Fsp3) is 0.115. The molecule has 0 aliphatic carbocycles. The van der Waals surface area contributed by atoms with Gasteiger partial charge in [0.1, 0.15) is 11.5 Å². The third-order valence-electron chi connectivity index (χ3n) is 5.31. The van der Waals surface area contributed by atoms with Gasteiger partial charge in [-0.2, -0.15) is 0 Å². The fourth-order valence-electron chi connectivity index (χ4n) is 3.82. The van der Waals surface area contributed by atoms with E-state index in [-0.39, 0.29) is 5.78 Å². The highest BCUT2D eigenvalue weighted by Gasteiger charge is 2.18. The van der Waals surface area contributed by atoms with E-state index in [1.807, 2.05) is 79.7 Å². The number of aryl methyl sites for hydroxylation is 1. The molecule has 1 aliphatic heterocycles. The Morgan fingerprint density at radius 1 is 1.03 bits per heavy atom. The van der Waals surface area contributed by atoms with Crippen LogP contribution in [0, 0.1) is 6.92 Å². The molecule has 0 atom stereocenters. The number of aromatic amines is 1. The van der Waals surface area contributed by atoms with Crippen LogP contribution in [0.5, 0.6) is 11.5 Å². The number of nitrogens with one attached hydrogen (secondary N) is 1. The second-order valence-electron chi connectivity index (χ2n) is 7.61. The van der Waals surface area contributed by atoms with E-state index in [1.54, 1.807) is 6.33 Å². The molecule has 0 spiro atoms. The monoisotopic (exact) mass is 407 g/mol. The summed E-state index contributed by atoms with van der Waals surface area (Å²) in [6.07, 6.45) is 4.55. The molecular formula is C26H21N3O2. The average molecular weight is 407 g/mol. The number of ketones is 1. The fourth-order valence-corrected chi connectivity index (χ4v) is 3.82. The molecule has 0 unspecified atom stereocenters. The number of aromatic nitrogens is 2. The first kappa shape index (κ1) is 19.0. The standard InChI is InChI=1S/C26H21N3O2/c1-17-12-18(13-24-26(17)28-16-27-24)14-25(30)23-11-10-22(29-23)19-6-5-9-21(15-19)31-20-7-3-2-4-8-20/h2-10,12-13,15-16H,11,14H2,1H3,(H,27,28). The highest BCUT2D eigenvalue weighted by molar-refractivity contribution is 6.42. The Labute approximate surface area is 180 Å². The van der Waals surface area contributed by atoms with Crippen molar-refractivity contribution in [3.63, 3.8) is 0 Å². The van der Waals surface area contributed by atoms with Gasteiger partial charge in [-0.25, -0.2) is 9.98 Å². The number of hydrogen-bond acceptors (Lipinski definition) is 4. The highest BCUT2D eigenvalue weighted by atomic mass is 16.5. The van der Waals surface area contributed by atoms with Crippen LogP contribution < -0.4 is 4.74 Å². The molecule has 0 bridgehead atoms. The molecule has 0 fully saturated rings. The van der Waals surface area contributed by atoms with Crippen LogP contribution >= 0.6 is 0 Å². The number of ether oxygens (including phenoxy) is 1. The summed E-state index contributed by atoms with van der Waals surface area (Å²) in [5, 5.41) is 0. The van der Waals surface area contributed by atoms with Crippen molar-refractivity contribution in [3.05, 3.63) is 95.8 Å². The zero-order chi connectivity index (χ0) is 21.2. The molecule has 0 radical (unpaired) electrons. The lowest BCUT2D eigenvalue weighted by molar-refractivity contribution is -0.112. The molecule has 2 heterocycles. The van der Waals surface area contributed by atoms with E-state index in [0.29, 0.717) is 18.6 Å². The maximum Gasteiger partial charge on any atom is 0.181 e. The summed E-state index contributed by atoms with van der Waals surface area (Å²) in [5.41, 5.74) is 6.25. The van der Waals surface area contributed by atoms with E-state index in [1.165, 1.54) is 0 Å². The Hall–Kier alpha value is -3.99. The predicted molar refractivity (Wildman–Crippen MR) is 123 cm³/mol. The number of rotatable bonds is 6. The van der Waals surface area contributed by atoms with E-state index < -0.39 is 0 Å². The zero-order valence-corrected chi connectivity index (χ0v) is 17.1. The van der Waals surface area contributed by atoms with E-state index in [2.05, 4.69) is 15.0 Å². The van der Waals surface area contributed by atoms with E-state index in [4.69, 9.17) is 4.74 Å². The van der Waals surface area contributed by atoms with Gasteiger partial charge in [-0.1, -0.05) is 42.5 Å². The number of nitrogens with zero attached hydrogens (tertiary/aromatic N) is 2. The summed E-state index contributed by atoms with van der Waals surface area (Å²) >= 11 is 0. The van der Waals surface area contributed by atoms with Gasteiger partial charge in [0.2, 0.25) is 0 Å². The lowest BCUT2D eigenvalue weighted by Crippen LogP contribution is -2.14. The van der Waals surface area contributed by atoms with Crippen LogP contribution in [0.2, 0.25) is 0 Å². The Morgan fingerprint density at radius 3 is 2.74 bits per heavy atom. The van der Waals surface area contributed by atoms with Gasteiger partial charge in [0.15, 0.2) is 5.78 Å². The van der Waals surface area contributed by atoms with Crippen LogP contribution in [0.1, 0.15) is 23.1 Å². The van der Waals surface area contributed by atoms with E-state index >= 15 is 0 Å². The van der Waals surface area contributed by atoms with Crippen LogP contribution in [-0.2, 0) is 11.2 Å². The van der Waals surface area contributed by atoms with E-state index in [9.17, 15) is 4.79 Å². The molecule has 5 heteroatoms. The van der Waals surface area contributed by atoms with Crippen molar-refractivity contribution in [1.29, 1.82) is 0 Å². The number of carbonyl (C=O) groups is 1. The van der Waals surface area contributed by atoms with Crippen molar-refractivity contribution in [2.75, 3.05) is 0 Å². The maximum absolute atomic E-state index is 12.9. The summed E-state index contributed by atoms with van der Waals surface area (Å²) in [4.78, 5) is 24.9. The molecule has 4 aromatic rings. The van der Waals surface area contributed by atoms with Crippen molar-refractivity contribution in [1.82, 2.24) is 9.97 Å². The molecule has 1 aliphatic rings. The largest absolute Gasteiger partial charge is 0.457 e. The minimum Gasteiger partial charge on any atom is -0.457 e. The minimum absolute atomic E-state index is 0.0428. The van der Waals surface area contributed by atoms with Crippen LogP contribution in [0.3, 0.4) is 0 Å². The van der Waals surface area contributed by atoms with Crippen LogP contribution in [0.4, 0.5) is 0 Å². The summed E-state index contributed by atoms with van der Waals surface area (Å²) in [5.74, 6) is 1.56. The molecule has 3 aromatic carbocycles. The third-order valence-corrected chi connectivity index (χ3v) is 5.31. The number of para-hydroxylation sites is 1. The summed E-state index contributed by atoms with van der Waals surface area (Å²) in [6, 6.07) is 21.4.